The molecule has 1 aliphatic heterocycles. The van der Waals surface area contributed by atoms with Gasteiger partial charge < -0.3 is 10.3 Å². The third-order valence-electron chi connectivity index (χ3n) is 5.78. The molecule has 0 aliphatic carbocycles. The largest absolute Gasteiger partial charge is 0.350 e. The number of nitrogens with zero attached hydrogens (tertiary/aromatic N) is 2. The summed E-state index contributed by atoms with van der Waals surface area (Å²) in [5, 5.41) is 3.57. The van der Waals surface area contributed by atoms with Crippen LogP contribution in [0.1, 0.15) is 34.8 Å². The van der Waals surface area contributed by atoms with E-state index in [1.165, 1.54) is 23.0 Å². The average molecular weight is 435 g/mol. The molecule has 31 heavy (non-hydrogen) atoms. The van der Waals surface area contributed by atoms with Gasteiger partial charge in [0.1, 0.15) is 0 Å². The van der Waals surface area contributed by atoms with E-state index < -0.39 is 0 Å². The van der Waals surface area contributed by atoms with E-state index >= 15 is 0 Å². The van der Waals surface area contributed by atoms with Gasteiger partial charge in [-0.15, -0.1) is 6.58 Å². The lowest BCUT2D eigenvalue weighted by molar-refractivity contribution is 0.0938. The average Bonchev–Trinajstić information content (AvgIpc) is 3.31. The summed E-state index contributed by atoms with van der Waals surface area (Å²) in [6.45, 7) is 6.61. The molecule has 4 rings (SSSR count). The van der Waals surface area contributed by atoms with Gasteiger partial charge >= 0.3 is 0 Å². The summed E-state index contributed by atoms with van der Waals surface area (Å²) in [5.74, 6) is -0.170. The van der Waals surface area contributed by atoms with Crippen LogP contribution in [0.15, 0.2) is 66.0 Å². The van der Waals surface area contributed by atoms with E-state index in [2.05, 4.69) is 33.9 Å². The summed E-state index contributed by atoms with van der Waals surface area (Å²) >= 11 is 5.30. The molecule has 0 radical (unpaired) electrons. The van der Waals surface area contributed by atoms with Gasteiger partial charge in [0.2, 0.25) is 0 Å². The van der Waals surface area contributed by atoms with E-state index in [4.69, 9.17) is 12.2 Å². The molecule has 0 saturated carbocycles. The number of nitrogens with one attached hydrogen (secondary N) is 2. The topological polar surface area (TPSA) is 70.1 Å². The van der Waals surface area contributed by atoms with Crippen molar-refractivity contribution in [3.8, 4) is 0 Å². The number of amides is 1. The Kier molecular flexibility index (Phi) is 6.44. The van der Waals surface area contributed by atoms with Crippen molar-refractivity contribution in [1.82, 2.24) is 19.8 Å². The van der Waals surface area contributed by atoms with Crippen molar-refractivity contribution in [2.75, 3.05) is 19.6 Å². The standard InChI is InChI=1S/C24H26N4O2S/c1-2-12-28-23(30)19-11-10-18(15-20(19)26-24(28)31)22(29)25-16-21(27-13-6-7-14-27)17-8-4-3-5-9-17/h2-5,8-11,15,21H,1,6-7,12-14,16H2,(H,25,29)(H,26,31). The molecule has 1 saturated heterocycles. The number of aromatic nitrogens is 2. The fourth-order valence-electron chi connectivity index (χ4n) is 4.17. The summed E-state index contributed by atoms with van der Waals surface area (Å²) in [5.41, 5.74) is 2.06. The van der Waals surface area contributed by atoms with Crippen LogP contribution in [0.3, 0.4) is 0 Å². The molecule has 3 aromatic rings. The van der Waals surface area contributed by atoms with Crippen molar-refractivity contribution in [3.63, 3.8) is 0 Å². The minimum Gasteiger partial charge on any atom is -0.350 e. The summed E-state index contributed by atoms with van der Waals surface area (Å²) in [7, 11) is 0. The minimum atomic E-state index is -0.191. The molecule has 2 N–H and O–H groups in total. The lowest BCUT2D eigenvalue weighted by Gasteiger charge is -2.28. The van der Waals surface area contributed by atoms with Gasteiger partial charge in [-0.25, -0.2) is 0 Å². The van der Waals surface area contributed by atoms with Gasteiger partial charge in [-0.3, -0.25) is 19.1 Å². The zero-order valence-electron chi connectivity index (χ0n) is 17.3. The summed E-state index contributed by atoms with van der Waals surface area (Å²) < 4.78 is 1.76. The van der Waals surface area contributed by atoms with Crippen LogP contribution >= 0.6 is 12.2 Å². The molecule has 0 bridgehead atoms. The Hall–Kier alpha value is -3.03. The third kappa shape index (κ3) is 4.52. The summed E-state index contributed by atoms with van der Waals surface area (Å²) in [6, 6.07) is 15.5. The van der Waals surface area contributed by atoms with Gasteiger partial charge in [0.15, 0.2) is 4.77 Å². The molecule has 160 valence electrons. The van der Waals surface area contributed by atoms with Crippen molar-refractivity contribution in [1.29, 1.82) is 0 Å². The zero-order chi connectivity index (χ0) is 21.8. The van der Waals surface area contributed by atoms with Crippen LogP contribution in [0.2, 0.25) is 0 Å². The molecule has 1 atom stereocenters. The van der Waals surface area contributed by atoms with E-state index in [9.17, 15) is 9.59 Å². The predicted molar refractivity (Wildman–Crippen MR) is 126 cm³/mol. The Morgan fingerprint density at radius 1 is 1.19 bits per heavy atom. The molecule has 1 fully saturated rings. The Balaban J connectivity index is 1.56. The van der Waals surface area contributed by atoms with E-state index in [1.807, 2.05) is 18.2 Å². The molecular formula is C24H26N4O2S. The Labute approximate surface area is 186 Å². The first kappa shape index (κ1) is 21.2. The monoisotopic (exact) mass is 434 g/mol. The minimum absolute atomic E-state index is 0.144. The number of aromatic amines is 1. The van der Waals surface area contributed by atoms with Crippen molar-refractivity contribution in [2.45, 2.75) is 25.4 Å². The van der Waals surface area contributed by atoms with Crippen LogP contribution in [-0.4, -0.2) is 40.0 Å². The van der Waals surface area contributed by atoms with E-state index in [0.29, 0.717) is 34.3 Å². The Morgan fingerprint density at radius 3 is 2.65 bits per heavy atom. The highest BCUT2D eigenvalue weighted by Crippen LogP contribution is 2.24. The third-order valence-corrected chi connectivity index (χ3v) is 6.10. The van der Waals surface area contributed by atoms with Gasteiger partial charge in [-0.2, -0.15) is 0 Å². The predicted octanol–water partition coefficient (Wildman–Crippen LogP) is 3.81. The van der Waals surface area contributed by atoms with Gasteiger partial charge in [0, 0.05) is 18.7 Å². The molecule has 1 unspecified atom stereocenters. The number of benzene rings is 2. The van der Waals surface area contributed by atoms with Crippen molar-refractivity contribution in [2.24, 2.45) is 0 Å². The number of rotatable bonds is 7. The molecule has 1 amide bonds. The smallest absolute Gasteiger partial charge is 0.262 e. The number of carbonyl (C=O) groups excluding carboxylic acids is 1. The number of likely N-dealkylation sites (tertiary alicyclic amines) is 1. The van der Waals surface area contributed by atoms with Crippen molar-refractivity contribution < 1.29 is 4.79 Å². The number of hydrogen-bond donors (Lipinski definition) is 2. The Morgan fingerprint density at radius 2 is 1.94 bits per heavy atom. The lowest BCUT2D eigenvalue weighted by Crippen LogP contribution is -2.36. The van der Waals surface area contributed by atoms with Crippen LogP contribution in [0.25, 0.3) is 10.9 Å². The number of hydrogen-bond acceptors (Lipinski definition) is 4. The molecule has 1 aliphatic rings. The van der Waals surface area contributed by atoms with Crippen molar-refractivity contribution in [3.05, 3.63) is 87.4 Å². The maximum Gasteiger partial charge on any atom is 0.262 e. The second-order valence-corrected chi connectivity index (χ2v) is 8.16. The number of allylic oxidation sites excluding steroid dienone is 1. The second kappa shape index (κ2) is 9.41. The molecule has 6 nitrogen and oxygen atoms in total. The lowest BCUT2D eigenvalue weighted by atomic mass is 10.1. The van der Waals surface area contributed by atoms with Crippen LogP contribution < -0.4 is 10.9 Å². The maximum absolute atomic E-state index is 12.9. The first-order valence-corrected chi connectivity index (χ1v) is 10.9. The zero-order valence-corrected chi connectivity index (χ0v) is 18.2. The van der Waals surface area contributed by atoms with E-state index in [1.54, 1.807) is 24.3 Å². The molecule has 1 aromatic heterocycles. The van der Waals surface area contributed by atoms with Gasteiger partial charge in [0.25, 0.3) is 11.5 Å². The normalized spacial score (nSPS) is 15.1. The fraction of sp³-hybridized carbons (Fsp3) is 0.292. The van der Waals surface area contributed by atoms with E-state index in [-0.39, 0.29) is 17.5 Å². The van der Waals surface area contributed by atoms with Crippen LogP contribution in [-0.2, 0) is 6.54 Å². The highest BCUT2D eigenvalue weighted by molar-refractivity contribution is 7.71. The van der Waals surface area contributed by atoms with Gasteiger partial charge in [0.05, 0.1) is 16.9 Å². The number of H-pyrrole nitrogens is 1. The molecule has 2 aromatic carbocycles. The van der Waals surface area contributed by atoms with Crippen LogP contribution in [0.5, 0.6) is 0 Å². The summed E-state index contributed by atoms with van der Waals surface area (Å²) in [6.07, 6.45) is 4.00. The van der Waals surface area contributed by atoms with Gasteiger partial charge in [-0.1, -0.05) is 36.4 Å². The fourth-order valence-corrected chi connectivity index (χ4v) is 4.44. The van der Waals surface area contributed by atoms with Gasteiger partial charge in [-0.05, 0) is 61.9 Å². The van der Waals surface area contributed by atoms with Crippen LogP contribution in [0.4, 0.5) is 0 Å². The second-order valence-electron chi connectivity index (χ2n) is 7.77. The van der Waals surface area contributed by atoms with E-state index in [0.717, 1.165) is 13.1 Å². The molecule has 2 heterocycles. The first-order valence-electron chi connectivity index (χ1n) is 10.5. The molecule has 7 heteroatoms. The van der Waals surface area contributed by atoms with Crippen molar-refractivity contribution >= 4 is 29.0 Å². The molecular weight excluding hydrogens is 408 g/mol. The molecule has 0 spiro atoms. The SMILES string of the molecule is C=CCn1c(=S)[nH]c2cc(C(=O)NCC(c3ccccc3)N3CCCC3)ccc2c1=O. The number of carbonyl (C=O) groups is 1. The first-order chi connectivity index (χ1) is 15.1. The highest BCUT2D eigenvalue weighted by Gasteiger charge is 2.24. The number of fused-ring (bicyclic) bond motifs is 1. The highest BCUT2D eigenvalue weighted by atomic mass is 32.1. The Bertz CT molecular complexity index is 1210. The van der Waals surface area contributed by atoms with Crippen LogP contribution in [0, 0.1) is 4.77 Å². The maximum atomic E-state index is 12.9. The quantitative estimate of drug-likeness (QED) is 0.438. The summed E-state index contributed by atoms with van der Waals surface area (Å²) in [4.78, 5) is 31.1.